The van der Waals surface area contributed by atoms with Crippen LogP contribution in [0.15, 0.2) is 33.4 Å². The van der Waals surface area contributed by atoms with E-state index in [1.165, 1.54) is 6.26 Å². The van der Waals surface area contributed by atoms with E-state index in [-0.39, 0.29) is 17.5 Å². The number of rotatable bonds is 10. The summed E-state index contributed by atoms with van der Waals surface area (Å²) in [7, 11) is -3.27. The maximum absolute atomic E-state index is 12.8. The zero-order valence-electron chi connectivity index (χ0n) is 19.0. The Balaban J connectivity index is 1.58. The van der Waals surface area contributed by atoms with Gasteiger partial charge in [-0.1, -0.05) is 13.8 Å². The highest BCUT2D eigenvalue weighted by atomic mass is 79.9. The monoisotopic (exact) mass is 542 g/mol. The van der Waals surface area contributed by atoms with Crippen LogP contribution in [0.3, 0.4) is 0 Å². The van der Waals surface area contributed by atoms with Gasteiger partial charge in [0, 0.05) is 36.3 Å². The van der Waals surface area contributed by atoms with Gasteiger partial charge in [0.1, 0.15) is 6.26 Å². The van der Waals surface area contributed by atoms with Crippen LogP contribution < -0.4 is 16.0 Å². The van der Waals surface area contributed by atoms with E-state index >= 15 is 0 Å². The van der Waals surface area contributed by atoms with Crippen LogP contribution >= 0.6 is 15.9 Å². The number of nitrogens with one attached hydrogen (secondary N) is 1. The standard InChI is InChI=1S/C21H31BrN6O4S/c1-3-26(4-2)8-5-13-33(30,31)28-11-9-27(10-12-28)16-6-7-17(22)18(14-16)24-20(29)19-15-32-21(23)25-19/h6-7,14-15H,3-5,8-13H2,1-2H3,(H2,23,25)(H,24,29). The Labute approximate surface area is 203 Å². The van der Waals surface area contributed by atoms with E-state index in [2.05, 4.69) is 49.9 Å². The average molecular weight is 543 g/mol. The molecular weight excluding hydrogens is 512 g/mol. The van der Waals surface area contributed by atoms with Gasteiger partial charge in [-0.2, -0.15) is 9.29 Å². The first-order chi connectivity index (χ1) is 15.7. The van der Waals surface area contributed by atoms with Crippen molar-refractivity contribution in [3.8, 4) is 0 Å². The number of aromatic nitrogens is 1. The summed E-state index contributed by atoms with van der Waals surface area (Å²) >= 11 is 3.45. The lowest BCUT2D eigenvalue weighted by atomic mass is 10.2. The summed E-state index contributed by atoms with van der Waals surface area (Å²) < 4.78 is 32.7. The van der Waals surface area contributed by atoms with Gasteiger partial charge >= 0.3 is 0 Å². The molecule has 12 heteroatoms. The summed E-state index contributed by atoms with van der Waals surface area (Å²) in [6, 6.07) is 5.55. The van der Waals surface area contributed by atoms with Crippen LogP contribution in [0.4, 0.5) is 17.4 Å². The van der Waals surface area contributed by atoms with Gasteiger partial charge in [-0.15, -0.1) is 0 Å². The van der Waals surface area contributed by atoms with E-state index < -0.39 is 15.9 Å². The average Bonchev–Trinajstić information content (AvgIpc) is 3.25. The fourth-order valence-corrected chi connectivity index (χ4v) is 5.57. The summed E-state index contributed by atoms with van der Waals surface area (Å²) in [5, 5.41) is 2.79. The summed E-state index contributed by atoms with van der Waals surface area (Å²) in [5.41, 5.74) is 6.99. The van der Waals surface area contributed by atoms with Crippen molar-refractivity contribution >= 4 is 49.2 Å². The number of nitrogens with zero attached hydrogens (tertiary/aromatic N) is 4. The number of halogens is 1. The van der Waals surface area contributed by atoms with Gasteiger partial charge in [0.15, 0.2) is 5.69 Å². The first-order valence-electron chi connectivity index (χ1n) is 11.0. The first-order valence-corrected chi connectivity index (χ1v) is 13.4. The van der Waals surface area contributed by atoms with E-state index in [0.29, 0.717) is 42.8 Å². The number of carbonyl (C=O) groups is 1. The second-order valence-corrected chi connectivity index (χ2v) is 10.7. The van der Waals surface area contributed by atoms with Crippen molar-refractivity contribution in [2.45, 2.75) is 20.3 Å². The second kappa shape index (κ2) is 11.3. The minimum Gasteiger partial charge on any atom is -0.431 e. The second-order valence-electron chi connectivity index (χ2n) is 7.77. The number of oxazole rings is 1. The Morgan fingerprint density at radius 2 is 1.94 bits per heavy atom. The molecule has 0 saturated carbocycles. The highest BCUT2D eigenvalue weighted by Crippen LogP contribution is 2.29. The summed E-state index contributed by atoms with van der Waals surface area (Å²) in [4.78, 5) is 20.6. The van der Waals surface area contributed by atoms with Crippen molar-refractivity contribution in [3.63, 3.8) is 0 Å². The third-order valence-electron chi connectivity index (χ3n) is 5.72. The third-order valence-corrected chi connectivity index (χ3v) is 8.37. The molecule has 0 spiro atoms. The van der Waals surface area contributed by atoms with Crippen molar-refractivity contribution < 1.29 is 17.6 Å². The Bertz CT molecular complexity index is 1050. The fraction of sp³-hybridized carbons (Fsp3) is 0.524. The van der Waals surface area contributed by atoms with Gasteiger partial charge in [0.2, 0.25) is 10.0 Å². The Morgan fingerprint density at radius 3 is 2.55 bits per heavy atom. The number of hydrogen-bond acceptors (Lipinski definition) is 8. The fourth-order valence-electron chi connectivity index (χ4n) is 3.75. The van der Waals surface area contributed by atoms with E-state index in [1.807, 2.05) is 18.2 Å². The number of hydrogen-bond donors (Lipinski definition) is 2. The molecular formula is C21H31BrN6O4S. The number of carbonyl (C=O) groups excluding carboxylic acids is 1. The van der Waals surface area contributed by atoms with Crippen molar-refractivity contribution in [3.05, 3.63) is 34.6 Å². The molecule has 33 heavy (non-hydrogen) atoms. The van der Waals surface area contributed by atoms with Crippen molar-refractivity contribution in [1.82, 2.24) is 14.2 Å². The lowest BCUT2D eigenvalue weighted by Gasteiger charge is -2.35. The molecule has 2 aromatic rings. The molecule has 0 bridgehead atoms. The summed E-state index contributed by atoms with van der Waals surface area (Å²) in [5.74, 6) is -0.265. The van der Waals surface area contributed by atoms with Gasteiger partial charge in [0.25, 0.3) is 11.9 Å². The lowest BCUT2D eigenvalue weighted by Crippen LogP contribution is -2.49. The number of nitrogen functional groups attached to an aromatic ring is 1. The largest absolute Gasteiger partial charge is 0.431 e. The van der Waals surface area contributed by atoms with Crippen molar-refractivity contribution in [2.24, 2.45) is 0 Å². The number of anilines is 3. The van der Waals surface area contributed by atoms with Gasteiger partial charge in [-0.05, 0) is 60.2 Å². The van der Waals surface area contributed by atoms with Gasteiger partial charge in [0.05, 0.1) is 11.4 Å². The van der Waals surface area contributed by atoms with Crippen LogP contribution in [0.5, 0.6) is 0 Å². The molecule has 0 radical (unpaired) electrons. The lowest BCUT2D eigenvalue weighted by molar-refractivity contribution is 0.102. The van der Waals surface area contributed by atoms with Crippen LogP contribution in [0, 0.1) is 0 Å². The van der Waals surface area contributed by atoms with Crippen LogP contribution in [0.2, 0.25) is 0 Å². The molecule has 0 aliphatic carbocycles. The molecule has 0 atom stereocenters. The highest BCUT2D eigenvalue weighted by Gasteiger charge is 2.27. The molecule has 3 rings (SSSR count). The molecule has 1 fully saturated rings. The maximum Gasteiger partial charge on any atom is 0.292 e. The molecule has 3 N–H and O–H groups in total. The molecule has 1 aromatic carbocycles. The number of piperazine rings is 1. The van der Waals surface area contributed by atoms with Crippen LogP contribution in [0.1, 0.15) is 30.8 Å². The third kappa shape index (κ3) is 6.69. The first kappa shape index (κ1) is 25.5. The maximum atomic E-state index is 12.8. The van der Waals surface area contributed by atoms with E-state index in [1.54, 1.807) is 4.31 Å². The molecule has 1 saturated heterocycles. The van der Waals surface area contributed by atoms with Crippen LogP contribution in [0.25, 0.3) is 0 Å². The zero-order chi connectivity index (χ0) is 24.0. The Hall–Kier alpha value is -2.15. The molecule has 1 aliphatic rings. The number of benzene rings is 1. The smallest absolute Gasteiger partial charge is 0.292 e. The Morgan fingerprint density at radius 1 is 1.24 bits per heavy atom. The normalized spacial score (nSPS) is 15.2. The van der Waals surface area contributed by atoms with Crippen LogP contribution in [-0.2, 0) is 10.0 Å². The molecule has 10 nitrogen and oxygen atoms in total. The molecule has 182 valence electrons. The minimum atomic E-state index is -3.27. The Kier molecular flexibility index (Phi) is 8.74. The van der Waals surface area contributed by atoms with Crippen molar-refractivity contribution in [2.75, 3.05) is 67.5 Å². The topological polar surface area (TPSA) is 125 Å². The molecule has 1 aromatic heterocycles. The van der Waals surface area contributed by atoms with E-state index in [9.17, 15) is 13.2 Å². The molecule has 0 unspecified atom stereocenters. The number of nitrogens with two attached hydrogens (primary N) is 1. The van der Waals surface area contributed by atoms with E-state index in [4.69, 9.17) is 10.2 Å². The summed E-state index contributed by atoms with van der Waals surface area (Å²) in [6.45, 7) is 8.83. The number of sulfonamides is 1. The van der Waals surface area contributed by atoms with Gasteiger partial charge in [-0.25, -0.2) is 8.42 Å². The van der Waals surface area contributed by atoms with Crippen LogP contribution in [-0.4, -0.2) is 80.1 Å². The molecule has 1 aliphatic heterocycles. The van der Waals surface area contributed by atoms with Gasteiger partial charge in [-0.3, -0.25) is 4.79 Å². The van der Waals surface area contributed by atoms with Gasteiger partial charge < -0.3 is 25.3 Å². The number of amides is 1. The summed E-state index contributed by atoms with van der Waals surface area (Å²) in [6.07, 6.45) is 1.83. The predicted molar refractivity (Wildman–Crippen MR) is 133 cm³/mol. The SMILES string of the molecule is CCN(CC)CCCS(=O)(=O)N1CCN(c2ccc(Br)c(NC(=O)c3coc(N)n3)c2)CC1. The highest BCUT2D eigenvalue weighted by molar-refractivity contribution is 9.10. The molecule has 2 heterocycles. The minimum absolute atomic E-state index is 0.0751. The van der Waals surface area contributed by atoms with E-state index in [0.717, 1.165) is 25.3 Å². The quantitative estimate of drug-likeness (QED) is 0.468. The zero-order valence-corrected chi connectivity index (χ0v) is 21.4. The molecule has 1 amide bonds. The van der Waals surface area contributed by atoms with Crippen molar-refractivity contribution in [1.29, 1.82) is 0 Å². The predicted octanol–water partition coefficient (Wildman–Crippen LogP) is 2.46.